The van der Waals surface area contributed by atoms with Crippen LogP contribution in [-0.2, 0) is 10.0 Å². The first-order valence-electron chi connectivity index (χ1n) is 6.28. The van der Waals surface area contributed by atoms with E-state index in [0.29, 0.717) is 25.2 Å². The van der Waals surface area contributed by atoms with Crippen molar-refractivity contribution in [2.24, 2.45) is 11.7 Å². The number of rotatable bonds is 3. The van der Waals surface area contributed by atoms with E-state index in [2.05, 4.69) is 0 Å². The molecule has 0 amide bonds. The second-order valence-corrected chi connectivity index (χ2v) is 6.68. The molecule has 6 heteroatoms. The molecule has 5 nitrogen and oxygen atoms in total. The maximum Gasteiger partial charge on any atom is 0.243 e. The lowest BCUT2D eigenvalue weighted by atomic mass is 10.0. The van der Waals surface area contributed by atoms with Crippen molar-refractivity contribution in [3.8, 4) is 6.07 Å². The summed E-state index contributed by atoms with van der Waals surface area (Å²) in [5.74, 6) is 0.238. The maximum absolute atomic E-state index is 12.5. The monoisotopic (exact) mass is 279 g/mol. The van der Waals surface area contributed by atoms with Crippen LogP contribution in [0, 0.1) is 17.2 Å². The van der Waals surface area contributed by atoms with Gasteiger partial charge in [0, 0.05) is 13.1 Å². The van der Waals surface area contributed by atoms with Crippen LogP contribution in [-0.4, -0.2) is 32.4 Å². The number of nitriles is 1. The van der Waals surface area contributed by atoms with Crippen LogP contribution in [0.1, 0.15) is 18.4 Å². The van der Waals surface area contributed by atoms with Gasteiger partial charge in [-0.25, -0.2) is 8.42 Å². The molecule has 102 valence electrons. The van der Waals surface area contributed by atoms with Crippen molar-refractivity contribution < 1.29 is 8.42 Å². The fourth-order valence-electron chi connectivity index (χ4n) is 2.29. The van der Waals surface area contributed by atoms with Crippen molar-refractivity contribution >= 4 is 10.0 Å². The van der Waals surface area contributed by atoms with Gasteiger partial charge < -0.3 is 5.73 Å². The molecule has 0 aromatic heterocycles. The van der Waals surface area contributed by atoms with Crippen LogP contribution in [0.5, 0.6) is 0 Å². The van der Waals surface area contributed by atoms with E-state index < -0.39 is 10.0 Å². The van der Waals surface area contributed by atoms with Gasteiger partial charge in [-0.3, -0.25) is 0 Å². The second-order valence-electron chi connectivity index (χ2n) is 4.74. The Hall–Kier alpha value is -1.42. The number of nitrogens with two attached hydrogens (primary N) is 1. The summed E-state index contributed by atoms with van der Waals surface area (Å²) >= 11 is 0. The molecule has 0 saturated carbocycles. The molecule has 1 heterocycles. The molecular formula is C13H17N3O2S. The zero-order valence-electron chi connectivity index (χ0n) is 10.6. The molecule has 0 bridgehead atoms. The first-order chi connectivity index (χ1) is 9.07. The highest BCUT2D eigenvalue weighted by Crippen LogP contribution is 2.23. The van der Waals surface area contributed by atoms with Gasteiger partial charge in [0.15, 0.2) is 0 Å². The average molecular weight is 279 g/mol. The number of nitrogens with zero attached hydrogens (tertiary/aromatic N) is 2. The van der Waals surface area contributed by atoms with Crippen molar-refractivity contribution in [2.75, 3.05) is 19.6 Å². The molecular weight excluding hydrogens is 262 g/mol. The van der Waals surface area contributed by atoms with Crippen LogP contribution >= 0.6 is 0 Å². The molecule has 1 aliphatic rings. The lowest BCUT2D eigenvalue weighted by molar-refractivity contribution is 0.271. The van der Waals surface area contributed by atoms with E-state index >= 15 is 0 Å². The van der Waals surface area contributed by atoms with Gasteiger partial charge in [0.25, 0.3) is 0 Å². The minimum absolute atomic E-state index is 0.238. The van der Waals surface area contributed by atoms with E-state index in [0.717, 1.165) is 12.8 Å². The van der Waals surface area contributed by atoms with E-state index in [1.54, 1.807) is 0 Å². The fourth-order valence-corrected chi connectivity index (χ4v) is 3.84. The molecule has 0 radical (unpaired) electrons. The number of sulfonamides is 1. The van der Waals surface area contributed by atoms with Gasteiger partial charge >= 0.3 is 0 Å². The van der Waals surface area contributed by atoms with Crippen molar-refractivity contribution in [1.29, 1.82) is 5.26 Å². The minimum atomic E-state index is -3.46. The molecule has 2 rings (SSSR count). The summed E-state index contributed by atoms with van der Waals surface area (Å²) < 4.78 is 26.4. The van der Waals surface area contributed by atoms with Gasteiger partial charge in [0.05, 0.1) is 16.5 Å². The highest BCUT2D eigenvalue weighted by molar-refractivity contribution is 7.89. The summed E-state index contributed by atoms with van der Waals surface area (Å²) in [7, 11) is -3.46. The van der Waals surface area contributed by atoms with Crippen molar-refractivity contribution in [1.82, 2.24) is 4.31 Å². The third-order valence-electron chi connectivity index (χ3n) is 3.44. The third kappa shape index (κ3) is 2.95. The van der Waals surface area contributed by atoms with E-state index in [4.69, 9.17) is 11.0 Å². The predicted molar refractivity (Wildman–Crippen MR) is 71.7 cm³/mol. The first kappa shape index (κ1) is 14.0. The van der Waals surface area contributed by atoms with Gasteiger partial charge in [-0.1, -0.05) is 0 Å². The van der Waals surface area contributed by atoms with Crippen LogP contribution in [0.3, 0.4) is 0 Å². The van der Waals surface area contributed by atoms with Crippen LogP contribution in [0.4, 0.5) is 0 Å². The van der Waals surface area contributed by atoms with E-state index in [-0.39, 0.29) is 10.8 Å². The molecule has 1 aromatic carbocycles. The summed E-state index contributed by atoms with van der Waals surface area (Å²) in [6.45, 7) is 1.54. The van der Waals surface area contributed by atoms with Crippen molar-refractivity contribution in [2.45, 2.75) is 17.7 Å². The van der Waals surface area contributed by atoms with Gasteiger partial charge in [-0.05, 0) is 49.6 Å². The normalized spacial score (nSPS) is 20.9. The summed E-state index contributed by atoms with van der Waals surface area (Å²) in [4.78, 5) is 0.240. The molecule has 1 saturated heterocycles. The minimum Gasteiger partial charge on any atom is -0.330 e. The largest absolute Gasteiger partial charge is 0.330 e. The maximum atomic E-state index is 12.5. The topological polar surface area (TPSA) is 87.2 Å². The molecule has 1 atom stereocenters. The third-order valence-corrected chi connectivity index (χ3v) is 5.32. The van der Waals surface area contributed by atoms with Gasteiger partial charge in [-0.2, -0.15) is 9.57 Å². The lowest BCUT2D eigenvalue weighted by Crippen LogP contribution is -2.41. The highest BCUT2D eigenvalue weighted by Gasteiger charge is 2.29. The predicted octanol–water partition coefficient (Wildman–Crippen LogP) is 0.918. The van der Waals surface area contributed by atoms with Crippen molar-refractivity contribution in [3.05, 3.63) is 29.8 Å². The summed E-state index contributed by atoms with van der Waals surface area (Å²) in [5, 5.41) is 8.72. The first-order valence-corrected chi connectivity index (χ1v) is 7.72. The second kappa shape index (κ2) is 5.70. The Bertz CT molecular complexity index is 575. The molecule has 1 aliphatic heterocycles. The number of hydrogen-bond acceptors (Lipinski definition) is 4. The van der Waals surface area contributed by atoms with Gasteiger partial charge in [0.1, 0.15) is 0 Å². The summed E-state index contributed by atoms with van der Waals surface area (Å²) in [6, 6.07) is 8.00. The highest BCUT2D eigenvalue weighted by atomic mass is 32.2. The zero-order chi connectivity index (χ0) is 13.9. The molecule has 0 spiro atoms. The van der Waals surface area contributed by atoms with Crippen LogP contribution in [0.2, 0.25) is 0 Å². The molecule has 0 aliphatic carbocycles. The van der Waals surface area contributed by atoms with E-state index in [1.165, 1.54) is 28.6 Å². The van der Waals surface area contributed by atoms with E-state index in [1.807, 2.05) is 6.07 Å². The Kier molecular flexibility index (Phi) is 4.20. The average Bonchev–Trinajstić information content (AvgIpc) is 2.47. The standard InChI is InChI=1S/C13H17N3O2S/c14-8-11-3-5-13(6-4-11)19(17,18)16-7-1-2-12(9-15)10-16/h3-6,12H,1-2,7,9-10,15H2. The number of piperidine rings is 1. The Balaban J connectivity index is 2.23. The lowest BCUT2D eigenvalue weighted by Gasteiger charge is -2.31. The number of benzene rings is 1. The van der Waals surface area contributed by atoms with Crippen LogP contribution < -0.4 is 5.73 Å². The number of hydrogen-bond donors (Lipinski definition) is 1. The molecule has 2 N–H and O–H groups in total. The molecule has 1 fully saturated rings. The Morgan fingerprint density at radius 1 is 1.37 bits per heavy atom. The molecule has 1 aromatic rings. The Labute approximate surface area is 113 Å². The molecule has 1 unspecified atom stereocenters. The van der Waals surface area contributed by atoms with E-state index in [9.17, 15) is 8.42 Å². The zero-order valence-corrected chi connectivity index (χ0v) is 11.4. The quantitative estimate of drug-likeness (QED) is 0.891. The summed E-state index contributed by atoms with van der Waals surface area (Å²) in [5.41, 5.74) is 6.08. The van der Waals surface area contributed by atoms with Gasteiger partial charge in [0.2, 0.25) is 10.0 Å². The Morgan fingerprint density at radius 2 is 2.05 bits per heavy atom. The Morgan fingerprint density at radius 3 is 2.63 bits per heavy atom. The van der Waals surface area contributed by atoms with Crippen molar-refractivity contribution in [3.63, 3.8) is 0 Å². The van der Waals surface area contributed by atoms with Crippen LogP contribution in [0.25, 0.3) is 0 Å². The molecule has 19 heavy (non-hydrogen) atoms. The van der Waals surface area contributed by atoms with Gasteiger partial charge in [-0.15, -0.1) is 0 Å². The smallest absolute Gasteiger partial charge is 0.243 e. The summed E-state index contributed by atoms with van der Waals surface area (Å²) in [6.07, 6.45) is 1.83. The van der Waals surface area contributed by atoms with Crippen LogP contribution in [0.15, 0.2) is 29.2 Å². The SMILES string of the molecule is N#Cc1ccc(S(=O)(=O)N2CCCC(CN)C2)cc1. The fraction of sp³-hybridized carbons (Fsp3) is 0.462.